The lowest BCUT2D eigenvalue weighted by atomic mass is 10.1. The van der Waals surface area contributed by atoms with Crippen LogP contribution in [0.3, 0.4) is 0 Å². The van der Waals surface area contributed by atoms with Gasteiger partial charge in [-0.3, -0.25) is 0 Å². The maximum absolute atomic E-state index is 13.1. The number of benzene rings is 2. The Morgan fingerprint density at radius 1 is 0.818 bits per heavy atom. The predicted molar refractivity (Wildman–Crippen MR) is 84.5 cm³/mol. The second kappa shape index (κ2) is 6.60. The molecule has 0 atom stereocenters. The van der Waals surface area contributed by atoms with E-state index in [4.69, 9.17) is 0 Å². The van der Waals surface area contributed by atoms with Crippen molar-refractivity contribution in [3.05, 3.63) is 70.8 Å². The van der Waals surface area contributed by atoms with Gasteiger partial charge in [0.05, 0.1) is 6.21 Å². The Bertz CT molecular complexity index is 687. The Morgan fingerprint density at radius 3 is 1.73 bits per heavy atom. The van der Waals surface area contributed by atoms with Crippen LogP contribution in [-0.2, 0) is 0 Å². The second-order valence-electron chi connectivity index (χ2n) is 5.12. The fraction of sp³-hybridized carbons (Fsp3) is 0.125. The molecule has 0 N–H and O–H groups in total. The minimum Gasteiger partial charge on any atom is -0.377 e. The van der Waals surface area contributed by atoms with Crippen LogP contribution in [0.4, 0.5) is 12.9 Å². The van der Waals surface area contributed by atoms with E-state index in [1.807, 2.05) is 26.0 Å². The van der Waals surface area contributed by atoms with Gasteiger partial charge in [-0.15, -0.1) is 0 Å². The van der Waals surface area contributed by atoms with E-state index < -0.39 is 7.11 Å². The quantitative estimate of drug-likeness (QED) is 0.459. The highest BCUT2D eigenvalue weighted by Crippen LogP contribution is 2.12. The minimum absolute atomic E-state index is 0.0739. The van der Waals surface area contributed by atoms with E-state index in [1.54, 1.807) is 36.4 Å². The SMILES string of the molecule is Cc1ccc(/C=N\[N+](=C\c2ccc(C)cc2)[B-](F)(F)F)cc1. The zero-order chi connectivity index (χ0) is 16.2. The number of rotatable bonds is 4. The van der Waals surface area contributed by atoms with Crippen LogP contribution in [0.5, 0.6) is 0 Å². The summed E-state index contributed by atoms with van der Waals surface area (Å²) in [6.45, 7) is 3.79. The van der Waals surface area contributed by atoms with E-state index in [0.717, 1.165) is 17.3 Å². The molecule has 0 saturated heterocycles. The monoisotopic (exact) mass is 304 g/mol. The average Bonchev–Trinajstić information content (AvgIpc) is 2.46. The van der Waals surface area contributed by atoms with Gasteiger partial charge in [-0.25, -0.2) is 4.60 Å². The molecule has 0 spiro atoms. The van der Waals surface area contributed by atoms with Gasteiger partial charge >= 0.3 is 7.11 Å². The highest BCUT2D eigenvalue weighted by molar-refractivity contribution is 6.49. The molecule has 0 bridgehead atoms. The number of hydrogen-bond donors (Lipinski definition) is 0. The van der Waals surface area contributed by atoms with E-state index in [2.05, 4.69) is 5.10 Å². The molecule has 2 aromatic carbocycles. The van der Waals surface area contributed by atoms with Crippen molar-refractivity contribution in [1.29, 1.82) is 0 Å². The lowest BCUT2D eigenvalue weighted by molar-refractivity contribution is -0.433. The van der Waals surface area contributed by atoms with Crippen LogP contribution < -0.4 is 0 Å². The molecule has 0 amide bonds. The van der Waals surface area contributed by atoms with Gasteiger partial charge in [-0.1, -0.05) is 52.6 Å². The van der Waals surface area contributed by atoms with Crippen LogP contribution in [-0.4, -0.2) is 24.1 Å². The number of halogens is 3. The molecule has 0 aliphatic heterocycles. The summed E-state index contributed by atoms with van der Waals surface area (Å²) in [5, 5.41) is 3.57. The molecular weight excluding hydrogens is 288 g/mol. The van der Waals surface area contributed by atoms with Gasteiger partial charge in [0, 0.05) is 5.56 Å². The van der Waals surface area contributed by atoms with E-state index in [1.165, 1.54) is 6.21 Å². The molecule has 0 unspecified atom stereocenters. The van der Waals surface area contributed by atoms with E-state index >= 15 is 0 Å². The smallest absolute Gasteiger partial charge is 0.377 e. The number of hydrazone groups is 1. The van der Waals surface area contributed by atoms with Crippen LogP contribution >= 0.6 is 0 Å². The van der Waals surface area contributed by atoms with Crippen molar-refractivity contribution in [1.82, 2.24) is 0 Å². The molecule has 0 heterocycles. The minimum atomic E-state index is -5.25. The maximum Gasteiger partial charge on any atom is 0.835 e. The zero-order valence-corrected chi connectivity index (χ0v) is 12.4. The number of aryl methyl sites for hydroxylation is 2. The van der Waals surface area contributed by atoms with Crippen LogP contribution in [0.15, 0.2) is 53.6 Å². The summed E-state index contributed by atoms with van der Waals surface area (Å²) in [6.07, 6.45) is 2.20. The van der Waals surface area contributed by atoms with E-state index in [9.17, 15) is 12.9 Å². The van der Waals surface area contributed by atoms with Crippen LogP contribution in [0.1, 0.15) is 22.3 Å². The summed E-state index contributed by atoms with van der Waals surface area (Å²) in [7, 11) is -5.25. The fourth-order valence-electron chi connectivity index (χ4n) is 1.78. The van der Waals surface area contributed by atoms with Crippen LogP contribution in [0.2, 0.25) is 0 Å². The summed E-state index contributed by atoms with van der Waals surface area (Å²) in [5.41, 5.74) is 3.10. The third-order valence-corrected chi connectivity index (χ3v) is 3.08. The van der Waals surface area contributed by atoms with Crippen LogP contribution in [0.25, 0.3) is 0 Å². The van der Waals surface area contributed by atoms with Crippen molar-refractivity contribution >= 4 is 19.5 Å². The third kappa shape index (κ3) is 4.58. The summed E-state index contributed by atoms with van der Waals surface area (Å²) in [4.78, 5) is 0. The molecule has 6 heteroatoms. The Balaban J connectivity index is 2.30. The van der Waals surface area contributed by atoms with Gasteiger partial charge in [-0.2, -0.15) is 0 Å². The first kappa shape index (κ1) is 16.0. The highest BCUT2D eigenvalue weighted by Gasteiger charge is 2.44. The largest absolute Gasteiger partial charge is 0.835 e. The Labute approximate surface area is 127 Å². The first-order chi connectivity index (χ1) is 10.3. The van der Waals surface area contributed by atoms with Gasteiger partial charge in [-0.05, 0) is 31.5 Å². The molecule has 0 saturated carbocycles. The molecule has 22 heavy (non-hydrogen) atoms. The molecule has 2 rings (SSSR count). The normalized spacial score (nSPS) is 12.9. The van der Waals surface area contributed by atoms with E-state index in [-0.39, 0.29) is 4.60 Å². The lowest BCUT2D eigenvalue weighted by Crippen LogP contribution is -2.32. The Hall–Kier alpha value is -2.37. The molecule has 2 nitrogen and oxygen atoms in total. The lowest BCUT2D eigenvalue weighted by Gasteiger charge is -2.07. The van der Waals surface area contributed by atoms with Crippen molar-refractivity contribution in [2.75, 3.05) is 0 Å². The predicted octanol–water partition coefficient (Wildman–Crippen LogP) is 4.11. The Kier molecular flexibility index (Phi) is 4.80. The first-order valence-corrected chi connectivity index (χ1v) is 6.85. The maximum atomic E-state index is 13.1. The van der Waals surface area contributed by atoms with Crippen molar-refractivity contribution in [3.8, 4) is 0 Å². The van der Waals surface area contributed by atoms with Crippen molar-refractivity contribution < 1.29 is 17.5 Å². The molecule has 2 aromatic rings. The Morgan fingerprint density at radius 2 is 1.27 bits per heavy atom. The molecule has 0 radical (unpaired) electrons. The van der Waals surface area contributed by atoms with Crippen molar-refractivity contribution in [2.24, 2.45) is 5.10 Å². The van der Waals surface area contributed by atoms with Crippen LogP contribution in [0, 0.1) is 13.8 Å². The molecule has 0 aromatic heterocycles. The summed E-state index contributed by atoms with van der Waals surface area (Å²) >= 11 is 0. The number of hydrogen-bond acceptors (Lipinski definition) is 1. The van der Waals surface area contributed by atoms with Gasteiger partial charge in [0.1, 0.15) is 0 Å². The van der Waals surface area contributed by atoms with Gasteiger partial charge in [0.2, 0.25) is 0 Å². The highest BCUT2D eigenvalue weighted by atomic mass is 19.4. The van der Waals surface area contributed by atoms with Crippen molar-refractivity contribution in [3.63, 3.8) is 0 Å². The standard InChI is InChI=1S/C16H16BF3N2/c1-13-3-7-15(8-4-13)11-21-22(17(18,19)20)12-16-9-5-14(2)6-10-16/h3-12H,1-2H3/b21-11-,22-12+. The fourth-order valence-corrected chi connectivity index (χ4v) is 1.78. The van der Waals surface area contributed by atoms with Gasteiger partial charge < -0.3 is 12.9 Å². The summed E-state index contributed by atoms with van der Waals surface area (Å²) < 4.78 is 39.4. The first-order valence-electron chi connectivity index (χ1n) is 6.85. The molecule has 0 fully saturated rings. The summed E-state index contributed by atoms with van der Waals surface area (Å²) in [5.74, 6) is 0. The van der Waals surface area contributed by atoms with Gasteiger partial charge in [0.15, 0.2) is 6.21 Å². The number of nitrogens with zero attached hydrogens (tertiary/aromatic N) is 2. The zero-order valence-electron chi connectivity index (χ0n) is 12.4. The molecule has 0 aliphatic carbocycles. The van der Waals surface area contributed by atoms with E-state index in [0.29, 0.717) is 11.1 Å². The second-order valence-corrected chi connectivity index (χ2v) is 5.12. The summed E-state index contributed by atoms with van der Waals surface area (Å²) in [6, 6.07) is 13.9. The van der Waals surface area contributed by atoms with Crippen molar-refractivity contribution in [2.45, 2.75) is 13.8 Å². The van der Waals surface area contributed by atoms with Gasteiger partial charge in [0.25, 0.3) is 0 Å². The average molecular weight is 304 g/mol. The molecule has 114 valence electrons. The third-order valence-electron chi connectivity index (χ3n) is 3.08. The molecular formula is C16H16BF3N2. The topological polar surface area (TPSA) is 15.4 Å². The molecule has 0 aliphatic rings.